The Balaban J connectivity index is 2.42. The summed E-state index contributed by atoms with van der Waals surface area (Å²) in [4.78, 5) is 13.5. The summed E-state index contributed by atoms with van der Waals surface area (Å²) in [6, 6.07) is 4.47. The first-order valence-corrected chi connectivity index (χ1v) is 8.27. The molecule has 0 atom stereocenters. The number of nitrogens with one attached hydrogen (secondary N) is 1. The average Bonchev–Trinajstić information content (AvgIpc) is 2.91. The minimum atomic E-state index is -3.81. The first-order chi connectivity index (χ1) is 9.41. The Hall–Kier alpha value is -1.31. The van der Waals surface area contributed by atoms with Crippen LogP contribution in [0.3, 0.4) is 0 Å². The molecule has 1 amide bonds. The number of amides is 1. The number of benzene rings is 1. The number of nitrogens with two attached hydrogens (primary N) is 1. The number of sulfonamides is 1. The molecule has 110 valence electrons. The Morgan fingerprint density at radius 3 is 2.55 bits per heavy atom. The van der Waals surface area contributed by atoms with Crippen molar-refractivity contribution in [1.29, 1.82) is 0 Å². The van der Waals surface area contributed by atoms with Crippen LogP contribution >= 0.6 is 11.6 Å². The van der Waals surface area contributed by atoms with Gasteiger partial charge in [0.1, 0.15) is 5.88 Å². The van der Waals surface area contributed by atoms with Crippen molar-refractivity contribution in [2.45, 2.75) is 17.7 Å². The van der Waals surface area contributed by atoms with Crippen molar-refractivity contribution in [3.05, 3.63) is 18.2 Å². The summed E-state index contributed by atoms with van der Waals surface area (Å²) in [5, 5.41) is 7.73. The SMILES string of the molecule is NS(=O)(=O)c1ccc(N2CCCC2)c(NC(=O)CCl)c1. The molecule has 1 aromatic rings. The topological polar surface area (TPSA) is 92.5 Å². The fraction of sp³-hybridized carbons (Fsp3) is 0.417. The van der Waals surface area contributed by atoms with Crippen molar-refractivity contribution in [3.63, 3.8) is 0 Å². The number of carbonyl (C=O) groups is 1. The lowest BCUT2D eigenvalue weighted by Crippen LogP contribution is -2.22. The zero-order valence-electron chi connectivity index (χ0n) is 10.8. The first-order valence-electron chi connectivity index (χ1n) is 6.19. The van der Waals surface area contributed by atoms with E-state index >= 15 is 0 Å². The van der Waals surface area contributed by atoms with Gasteiger partial charge in [0, 0.05) is 13.1 Å². The lowest BCUT2D eigenvalue weighted by molar-refractivity contribution is -0.113. The molecule has 1 aliphatic rings. The minimum absolute atomic E-state index is 0.0367. The van der Waals surface area contributed by atoms with Crippen molar-refractivity contribution in [1.82, 2.24) is 0 Å². The van der Waals surface area contributed by atoms with Gasteiger partial charge in [-0.15, -0.1) is 11.6 Å². The van der Waals surface area contributed by atoms with Gasteiger partial charge in [0.25, 0.3) is 0 Å². The molecule has 0 saturated carbocycles. The Labute approximate surface area is 122 Å². The highest BCUT2D eigenvalue weighted by atomic mass is 35.5. The molecule has 1 aromatic carbocycles. The Kier molecular flexibility index (Phi) is 4.52. The molecule has 1 saturated heterocycles. The highest BCUT2D eigenvalue weighted by molar-refractivity contribution is 7.89. The molecular formula is C12H16ClN3O3S. The zero-order valence-corrected chi connectivity index (χ0v) is 12.4. The van der Waals surface area contributed by atoms with Crippen molar-refractivity contribution in [2.75, 3.05) is 29.2 Å². The number of primary sulfonamides is 1. The van der Waals surface area contributed by atoms with Gasteiger partial charge in [-0.05, 0) is 31.0 Å². The number of hydrogen-bond acceptors (Lipinski definition) is 4. The molecule has 1 fully saturated rings. The fourth-order valence-electron chi connectivity index (χ4n) is 2.21. The molecule has 8 heteroatoms. The van der Waals surface area contributed by atoms with E-state index in [1.54, 1.807) is 6.07 Å². The summed E-state index contributed by atoms with van der Waals surface area (Å²) in [6.07, 6.45) is 2.14. The number of halogens is 1. The zero-order chi connectivity index (χ0) is 14.8. The molecule has 0 aromatic heterocycles. The van der Waals surface area contributed by atoms with Gasteiger partial charge in [-0.2, -0.15) is 0 Å². The van der Waals surface area contributed by atoms with Crippen LogP contribution < -0.4 is 15.4 Å². The predicted molar refractivity (Wildman–Crippen MR) is 78.6 cm³/mol. The van der Waals surface area contributed by atoms with Gasteiger partial charge < -0.3 is 10.2 Å². The Bertz CT molecular complexity index is 612. The van der Waals surface area contributed by atoms with Gasteiger partial charge >= 0.3 is 0 Å². The molecule has 0 spiro atoms. The van der Waals surface area contributed by atoms with E-state index in [0.29, 0.717) is 5.69 Å². The molecule has 1 aliphatic heterocycles. The van der Waals surface area contributed by atoms with E-state index in [2.05, 4.69) is 10.2 Å². The largest absolute Gasteiger partial charge is 0.370 e. The third-order valence-electron chi connectivity index (χ3n) is 3.14. The van der Waals surface area contributed by atoms with E-state index in [-0.39, 0.29) is 10.8 Å². The predicted octanol–water partition coefficient (Wildman–Crippen LogP) is 1.11. The number of hydrogen-bond donors (Lipinski definition) is 2. The summed E-state index contributed by atoms with van der Waals surface area (Å²) in [6.45, 7) is 1.75. The number of alkyl halides is 1. The van der Waals surface area contributed by atoms with Crippen LogP contribution in [-0.4, -0.2) is 33.3 Å². The quantitative estimate of drug-likeness (QED) is 0.814. The summed E-state index contributed by atoms with van der Waals surface area (Å²) in [5.74, 6) is -0.586. The molecule has 0 radical (unpaired) electrons. The third kappa shape index (κ3) is 3.41. The van der Waals surface area contributed by atoms with E-state index in [4.69, 9.17) is 16.7 Å². The van der Waals surface area contributed by atoms with E-state index in [9.17, 15) is 13.2 Å². The molecule has 0 unspecified atom stereocenters. The molecular weight excluding hydrogens is 302 g/mol. The second-order valence-electron chi connectivity index (χ2n) is 4.60. The van der Waals surface area contributed by atoms with Crippen LogP contribution in [0.4, 0.5) is 11.4 Å². The van der Waals surface area contributed by atoms with Crippen LogP contribution in [0.25, 0.3) is 0 Å². The molecule has 1 heterocycles. The molecule has 0 bridgehead atoms. The molecule has 6 nitrogen and oxygen atoms in total. The van der Waals surface area contributed by atoms with Crippen LogP contribution in [0, 0.1) is 0 Å². The van der Waals surface area contributed by atoms with Gasteiger partial charge in [-0.3, -0.25) is 4.79 Å². The van der Waals surface area contributed by atoms with Crippen LogP contribution in [0.5, 0.6) is 0 Å². The second-order valence-corrected chi connectivity index (χ2v) is 6.43. The van der Waals surface area contributed by atoms with Gasteiger partial charge in [0.2, 0.25) is 15.9 Å². The summed E-state index contributed by atoms with van der Waals surface area (Å²) < 4.78 is 22.8. The lowest BCUT2D eigenvalue weighted by Gasteiger charge is -2.22. The summed E-state index contributed by atoms with van der Waals surface area (Å²) >= 11 is 5.48. The maximum Gasteiger partial charge on any atom is 0.239 e. The average molecular weight is 318 g/mol. The minimum Gasteiger partial charge on any atom is -0.370 e. The highest BCUT2D eigenvalue weighted by Crippen LogP contribution is 2.31. The number of nitrogens with zero attached hydrogens (tertiary/aromatic N) is 1. The molecule has 2 rings (SSSR count). The summed E-state index contributed by atoms with van der Waals surface area (Å²) in [7, 11) is -3.81. The van der Waals surface area contributed by atoms with E-state index in [1.165, 1.54) is 12.1 Å². The fourth-order valence-corrected chi connectivity index (χ4v) is 2.82. The Morgan fingerprint density at radius 2 is 2.00 bits per heavy atom. The standard InChI is InChI=1S/C12H16ClN3O3S/c13-8-12(17)15-10-7-9(20(14,18)19)3-4-11(10)16-5-1-2-6-16/h3-4,7H,1-2,5-6,8H2,(H,15,17)(H2,14,18,19). The first kappa shape index (κ1) is 15.1. The highest BCUT2D eigenvalue weighted by Gasteiger charge is 2.19. The number of rotatable bonds is 4. The molecule has 3 N–H and O–H groups in total. The van der Waals surface area contributed by atoms with Crippen molar-refractivity contribution >= 4 is 38.9 Å². The van der Waals surface area contributed by atoms with E-state index < -0.39 is 15.9 Å². The van der Waals surface area contributed by atoms with Crippen molar-refractivity contribution in [3.8, 4) is 0 Å². The maximum absolute atomic E-state index is 11.5. The summed E-state index contributed by atoms with van der Waals surface area (Å²) in [5.41, 5.74) is 1.21. The van der Waals surface area contributed by atoms with Gasteiger partial charge in [-0.25, -0.2) is 13.6 Å². The van der Waals surface area contributed by atoms with E-state index in [1.807, 2.05) is 0 Å². The lowest BCUT2D eigenvalue weighted by atomic mass is 10.2. The molecule has 20 heavy (non-hydrogen) atoms. The van der Waals surface area contributed by atoms with Crippen LogP contribution in [-0.2, 0) is 14.8 Å². The van der Waals surface area contributed by atoms with Crippen LogP contribution in [0.2, 0.25) is 0 Å². The van der Waals surface area contributed by atoms with Crippen molar-refractivity contribution in [2.24, 2.45) is 5.14 Å². The monoisotopic (exact) mass is 317 g/mol. The third-order valence-corrected chi connectivity index (χ3v) is 4.29. The van der Waals surface area contributed by atoms with Gasteiger partial charge in [0.15, 0.2) is 0 Å². The second kappa shape index (κ2) is 5.99. The Morgan fingerprint density at radius 1 is 1.35 bits per heavy atom. The molecule has 0 aliphatic carbocycles. The van der Waals surface area contributed by atoms with Crippen LogP contribution in [0.1, 0.15) is 12.8 Å². The van der Waals surface area contributed by atoms with Gasteiger partial charge in [0.05, 0.1) is 16.3 Å². The van der Waals surface area contributed by atoms with E-state index in [0.717, 1.165) is 31.6 Å². The van der Waals surface area contributed by atoms with Crippen molar-refractivity contribution < 1.29 is 13.2 Å². The normalized spacial score (nSPS) is 15.4. The smallest absolute Gasteiger partial charge is 0.239 e. The van der Waals surface area contributed by atoms with Gasteiger partial charge in [-0.1, -0.05) is 0 Å². The maximum atomic E-state index is 11.5. The number of carbonyl (C=O) groups excluding carboxylic acids is 1. The number of anilines is 2. The van der Waals surface area contributed by atoms with Crippen LogP contribution in [0.15, 0.2) is 23.1 Å².